The van der Waals surface area contributed by atoms with Crippen LogP contribution in [0.3, 0.4) is 0 Å². The molecule has 1 aliphatic heterocycles. The zero-order chi connectivity index (χ0) is 18.4. The number of hydrogen-bond donors (Lipinski definition) is 2. The van der Waals surface area contributed by atoms with Gasteiger partial charge in [-0.2, -0.15) is 0 Å². The molecule has 0 radical (unpaired) electrons. The van der Waals surface area contributed by atoms with E-state index in [1.54, 1.807) is 11.8 Å². The van der Waals surface area contributed by atoms with Crippen LogP contribution >= 0.6 is 11.8 Å². The lowest BCUT2D eigenvalue weighted by Gasteiger charge is -2.17. The highest BCUT2D eigenvalue weighted by atomic mass is 32.2. The van der Waals surface area contributed by atoms with Crippen molar-refractivity contribution in [1.82, 2.24) is 15.3 Å². The molecule has 1 saturated heterocycles. The molecule has 138 valence electrons. The van der Waals surface area contributed by atoms with E-state index in [4.69, 9.17) is 0 Å². The van der Waals surface area contributed by atoms with Crippen LogP contribution in [0.4, 0.5) is 11.6 Å². The first-order chi connectivity index (χ1) is 12.7. The van der Waals surface area contributed by atoms with E-state index in [1.807, 2.05) is 43.5 Å². The lowest BCUT2D eigenvalue weighted by Crippen LogP contribution is -2.29. The summed E-state index contributed by atoms with van der Waals surface area (Å²) in [6.45, 7) is 5.17. The standard InChI is InChI=1S/C19H25N5OS/c1-14-22-17(13-18(23-14)24-11-3-4-12-24)20-9-10-21-19(25)15-5-7-16(26-2)8-6-15/h5-8,13H,3-4,9-12H2,1-2H3,(H,21,25)(H,20,22,23). The van der Waals surface area contributed by atoms with E-state index in [0.29, 0.717) is 18.7 Å². The van der Waals surface area contributed by atoms with Crippen LogP contribution in [-0.2, 0) is 0 Å². The second-order valence-electron chi connectivity index (χ2n) is 6.26. The van der Waals surface area contributed by atoms with Crippen LogP contribution in [0.1, 0.15) is 29.0 Å². The molecule has 1 aliphatic rings. The third kappa shape index (κ3) is 4.88. The molecule has 0 spiro atoms. The smallest absolute Gasteiger partial charge is 0.251 e. The number of amides is 1. The molecule has 0 saturated carbocycles. The quantitative estimate of drug-likeness (QED) is 0.576. The first-order valence-electron chi connectivity index (χ1n) is 8.92. The predicted octanol–water partition coefficient (Wildman–Crippen LogP) is 2.95. The fourth-order valence-corrected chi connectivity index (χ4v) is 3.37. The van der Waals surface area contributed by atoms with E-state index >= 15 is 0 Å². The summed E-state index contributed by atoms with van der Waals surface area (Å²) in [4.78, 5) is 24.6. The normalized spacial score (nSPS) is 13.7. The number of nitrogens with zero attached hydrogens (tertiary/aromatic N) is 3. The van der Waals surface area contributed by atoms with E-state index in [1.165, 1.54) is 12.8 Å². The molecule has 7 heteroatoms. The minimum absolute atomic E-state index is 0.0592. The average molecular weight is 372 g/mol. The third-order valence-electron chi connectivity index (χ3n) is 4.32. The summed E-state index contributed by atoms with van der Waals surface area (Å²) in [5.74, 6) is 2.49. The predicted molar refractivity (Wildman–Crippen MR) is 107 cm³/mol. The van der Waals surface area contributed by atoms with Gasteiger partial charge < -0.3 is 15.5 Å². The topological polar surface area (TPSA) is 70.2 Å². The van der Waals surface area contributed by atoms with Crippen LogP contribution in [0.5, 0.6) is 0 Å². The summed E-state index contributed by atoms with van der Waals surface area (Å²) in [6.07, 6.45) is 4.45. The number of anilines is 2. The lowest BCUT2D eigenvalue weighted by atomic mass is 10.2. The van der Waals surface area contributed by atoms with Gasteiger partial charge in [-0.1, -0.05) is 0 Å². The van der Waals surface area contributed by atoms with Crippen LogP contribution in [0, 0.1) is 6.92 Å². The van der Waals surface area contributed by atoms with Crippen molar-refractivity contribution >= 4 is 29.3 Å². The van der Waals surface area contributed by atoms with Gasteiger partial charge in [0.25, 0.3) is 5.91 Å². The van der Waals surface area contributed by atoms with Gasteiger partial charge in [0, 0.05) is 42.7 Å². The van der Waals surface area contributed by atoms with Gasteiger partial charge in [0.15, 0.2) is 0 Å². The van der Waals surface area contributed by atoms with Gasteiger partial charge in [0.05, 0.1) is 0 Å². The number of aromatic nitrogens is 2. The Morgan fingerprint density at radius 3 is 2.58 bits per heavy atom. The fraction of sp³-hybridized carbons (Fsp3) is 0.421. The third-order valence-corrected chi connectivity index (χ3v) is 5.07. The molecule has 0 unspecified atom stereocenters. The Morgan fingerprint density at radius 1 is 1.15 bits per heavy atom. The Balaban J connectivity index is 1.49. The molecular formula is C19H25N5OS. The molecular weight excluding hydrogens is 346 g/mol. The molecule has 1 aromatic carbocycles. The number of aryl methyl sites for hydroxylation is 1. The fourth-order valence-electron chi connectivity index (χ4n) is 2.96. The second-order valence-corrected chi connectivity index (χ2v) is 7.14. The lowest BCUT2D eigenvalue weighted by molar-refractivity contribution is 0.0955. The summed E-state index contributed by atoms with van der Waals surface area (Å²) in [6, 6.07) is 9.61. The van der Waals surface area contributed by atoms with Crippen LogP contribution < -0.4 is 15.5 Å². The summed E-state index contributed by atoms with van der Waals surface area (Å²) in [5, 5.41) is 6.21. The van der Waals surface area contributed by atoms with Gasteiger partial charge in [-0.05, 0) is 50.3 Å². The van der Waals surface area contributed by atoms with Crippen LogP contribution in [0.2, 0.25) is 0 Å². The van der Waals surface area contributed by atoms with E-state index in [-0.39, 0.29) is 5.91 Å². The number of benzene rings is 1. The van der Waals surface area contributed by atoms with Crippen LogP contribution in [0.25, 0.3) is 0 Å². The van der Waals surface area contributed by atoms with Crippen molar-refractivity contribution in [2.75, 3.05) is 42.7 Å². The zero-order valence-electron chi connectivity index (χ0n) is 15.3. The summed E-state index contributed by atoms with van der Waals surface area (Å²) in [7, 11) is 0. The van der Waals surface area contributed by atoms with Crippen LogP contribution in [-0.4, -0.2) is 48.3 Å². The average Bonchev–Trinajstić information content (AvgIpc) is 3.19. The van der Waals surface area contributed by atoms with E-state index in [0.717, 1.165) is 35.4 Å². The molecule has 26 heavy (non-hydrogen) atoms. The van der Waals surface area contributed by atoms with Crippen LogP contribution in [0.15, 0.2) is 35.2 Å². The van der Waals surface area contributed by atoms with Crippen molar-refractivity contribution in [3.05, 3.63) is 41.7 Å². The molecule has 0 atom stereocenters. The number of nitrogens with one attached hydrogen (secondary N) is 2. The number of thioether (sulfide) groups is 1. The number of carbonyl (C=O) groups is 1. The molecule has 6 nitrogen and oxygen atoms in total. The molecule has 2 aromatic rings. The summed E-state index contributed by atoms with van der Waals surface area (Å²) in [5.41, 5.74) is 0.678. The highest BCUT2D eigenvalue weighted by Crippen LogP contribution is 2.20. The Morgan fingerprint density at radius 2 is 1.88 bits per heavy atom. The molecule has 2 N–H and O–H groups in total. The minimum atomic E-state index is -0.0592. The van der Waals surface area contributed by atoms with Crippen molar-refractivity contribution in [2.24, 2.45) is 0 Å². The van der Waals surface area contributed by atoms with E-state index < -0.39 is 0 Å². The second kappa shape index (κ2) is 8.89. The maximum atomic E-state index is 12.2. The molecule has 1 fully saturated rings. The van der Waals surface area contributed by atoms with Gasteiger partial charge in [0.2, 0.25) is 0 Å². The van der Waals surface area contributed by atoms with E-state index in [9.17, 15) is 4.79 Å². The highest BCUT2D eigenvalue weighted by molar-refractivity contribution is 7.98. The van der Waals surface area contributed by atoms with Crippen molar-refractivity contribution in [2.45, 2.75) is 24.7 Å². The summed E-state index contributed by atoms with van der Waals surface area (Å²) < 4.78 is 0. The Hall–Kier alpha value is -2.28. The van der Waals surface area contributed by atoms with Crippen molar-refractivity contribution in [3.8, 4) is 0 Å². The van der Waals surface area contributed by atoms with E-state index in [2.05, 4.69) is 25.5 Å². The molecule has 0 aliphatic carbocycles. The molecule has 2 heterocycles. The first-order valence-corrected chi connectivity index (χ1v) is 10.1. The minimum Gasteiger partial charge on any atom is -0.368 e. The Bertz CT molecular complexity index is 744. The number of rotatable bonds is 7. The Kier molecular flexibility index (Phi) is 6.33. The maximum absolute atomic E-state index is 12.2. The SMILES string of the molecule is CSc1ccc(C(=O)NCCNc2cc(N3CCCC3)nc(C)n2)cc1. The van der Waals surface area contributed by atoms with Gasteiger partial charge in [-0.3, -0.25) is 4.79 Å². The van der Waals surface area contributed by atoms with Crippen molar-refractivity contribution < 1.29 is 4.79 Å². The Labute approximate surface area is 158 Å². The zero-order valence-corrected chi connectivity index (χ0v) is 16.1. The molecule has 3 rings (SSSR count). The van der Waals surface area contributed by atoms with Gasteiger partial charge in [-0.25, -0.2) is 9.97 Å². The molecule has 1 aromatic heterocycles. The summed E-state index contributed by atoms with van der Waals surface area (Å²) >= 11 is 1.66. The molecule has 1 amide bonds. The first kappa shape index (κ1) is 18.5. The largest absolute Gasteiger partial charge is 0.368 e. The number of carbonyl (C=O) groups excluding carboxylic acids is 1. The molecule has 0 bridgehead atoms. The number of hydrogen-bond acceptors (Lipinski definition) is 6. The van der Waals surface area contributed by atoms with Crippen molar-refractivity contribution in [1.29, 1.82) is 0 Å². The monoisotopic (exact) mass is 371 g/mol. The maximum Gasteiger partial charge on any atom is 0.251 e. The van der Waals surface area contributed by atoms with Gasteiger partial charge in [0.1, 0.15) is 17.5 Å². The highest BCUT2D eigenvalue weighted by Gasteiger charge is 2.15. The van der Waals surface area contributed by atoms with Gasteiger partial charge >= 0.3 is 0 Å². The van der Waals surface area contributed by atoms with Crippen molar-refractivity contribution in [3.63, 3.8) is 0 Å². The van der Waals surface area contributed by atoms with Gasteiger partial charge in [-0.15, -0.1) is 11.8 Å².